The van der Waals surface area contributed by atoms with E-state index in [-0.39, 0.29) is 11.9 Å². The lowest BCUT2D eigenvalue weighted by molar-refractivity contribution is -0.119. The molecule has 0 radical (unpaired) electrons. The minimum absolute atomic E-state index is 0.0485. The molecule has 0 aliphatic carbocycles. The van der Waals surface area contributed by atoms with E-state index in [1.165, 1.54) is 23.1 Å². The Balaban J connectivity index is 1.87. The SMILES string of the molecule is C[C@H](NC(=O)CSc1nncs1)c1ccccc1Cl. The summed E-state index contributed by atoms with van der Waals surface area (Å²) in [6, 6.07) is 7.38. The van der Waals surface area contributed by atoms with Crippen molar-refractivity contribution in [1.82, 2.24) is 15.5 Å². The molecule has 0 fully saturated rings. The summed E-state index contributed by atoms with van der Waals surface area (Å²) in [6.45, 7) is 1.91. The van der Waals surface area contributed by atoms with Gasteiger partial charge in [0.05, 0.1) is 11.8 Å². The zero-order valence-electron chi connectivity index (χ0n) is 10.2. The Bertz CT molecular complexity index is 548. The third-order valence-corrected chi connectivity index (χ3v) is 4.62. The van der Waals surface area contributed by atoms with Crippen LogP contribution in [-0.2, 0) is 4.79 Å². The second-order valence-electron chi connectivity index (χ2n) is 3.80. The molecule has 2 aromatic rings. The van der Waals surface area contributed by atoms with Crippen molar-refractivity contribution < 1.29 is 4.79 Å². The number of nitrogens with zero attached hydrogens (tertiary/aromatic N) is 2. The van der Waals surface area contributed by atoms with Crippen LogP contribution in [0.25, 0.3) is 0 Å². The highest BCUT2D eigenvalue weighted by Gasteiger charge is 2.12. The van der Waals surface area contributed by atoms with Crippen LogP contribution in [0.3, 0.4) is 0 Å². The second kappa shape index (κ2) is 6.88. The Morgan fingerprint density at radius 2 is 2.32 bits per heavy atom. The summed E-state index contributed by atoms with van der Waals surface area (Å²) >= 11 is 8.89. The van der Waals surface area contributed by atoms with Crippen molar-refractivity contribution in [2.24, 2.45) is 0 Å². The second-order valence-corrected chi connectivity index (χ2v) is 6.27. The number of aromatic nitrogens is 2. The summed E-state index contributed by atoms with van der Waals surface area (Å²) in [5.41, 5.74) is 2.56. The Labute approximate surface area is 124 Å². The minimum Gasteiger partial charge on any atom is -0.349 e. The average Bonchev–Trinajstić information content (AvgIpc) is 2.90. The van der Waals surface area contributed by atoms with Gasteiger partial charge < -0.3 is 5.32 Å². The lowest BCUT2D eigenvalue weighted by Gasteiger charge is -2.15. The van der Waals surface area contributed by atoms with Crippen molar-refractivity contribution in [3.8, 4) is 0 Å². The highest BCUT2D eigenvalue weighted by molar-refractivity contribution is 8.01. The van der Waals surface area contributed by atoms with Crippen LogP contribution in [0.4, 0.5) is 0 Å². The molecule has 1 amide bonds. The smallest absolute Gasteiger partial charge is 0.230 e. The fraction of sp³-hybridized carbons (Fsp3) is 0.250. The Kier molecular flexibility index (Phi) is 5.18. The van der Waals surface area contributed by atoms with E-state index in [9.17, 15) is 4.79 Å². The van der Waals surface area contributed by atoms with E-state index in [0.29, 0.717) is 10.8 Å². The maximum atomic E-state index is 11.8. The Hall–Kier alpha value is -1.11. The molecule has 0 saturated heterocycles. The van der Waals surface area contributed by atoms with Crippen LogP contribution in [0.5, 0.6) is 0 Å². The van der Waals surface area contributed by atoms with Gasteiger partial charge >= 0.3 is 0 Å². The van der Waals surface area contributed by atoms with E-state index in [0.717, 1.165) is 9.90 Å². The van der Waals surface area contributed by atoms with E-state index in [2.05, 4.69) is 15.5 Å². The predicted octanol–water partition coefficient (Wildman–Crippen LogP) is 3.16. The Morgan fingerprint density at radius 1 is 1.53 bits per heavy atom. The van der Waals surface area contributed by atoms with Crippen molar-refractivity contribution in [2.45, 2.75) is 17.3 Å². The molecule has 1 aromatic heterocycles. The van der Waals surface area contributed by atoms with E-state index >= 15 is 0 Å². The standard InChI is InChI=1S/C12H12ClN3OS2/c1-8(9-4-2-3-5-10(9)13)15-11(17)6-18-12-16-14-7-19-12/h2-5,7-8H,6H2,1H3,(H,15,17)/t8-/m0/s1. The average molecular weight is 314 g/mol. The van der Waals surface area contributed by atoms with Crippen LogP contribution in [0, 0.1) is 0 Å². The van der Waals surface area contributed by atoms with E-state index in [1.807, 2.05) is 31.2 Å². The molecule has 0 unspecified atom stereocenters. The monoisotopic (exact) mass is 313 g/mol. The quantitative estimate of drug-likeness (QED) is 0.862. The molecule has 1 aromatic carbocycles. The molecule has 0 saturated carbocycles. The zero-order chi connectivity index (χ0) is 13.7. The molecule has 2 rings (SSSR count). The van der Waals surface area contributed by atoms with Crippen molar-refractivity contribution in [3.05, 3.63) is 40.4 Å². The lowest BCUT2D eigenvalue weighted by Crippen LogP contribution is -2.28. The molecule has 0 aliphatic heterocycles. The Morgan fingerprint density at radius 3 is 3.00 bits per heavy atom. The third-order valence-electron chi connectivity index (χ3n) is 2.42. The van der Waals surface area contributed by atoms with Gasteiger partial charge in [-0.2, -0.15) is 0 Å². The first-order valence-electron chi connectivity index (χ1n) is 5.59. The van der Waals surface area contributed by atoms with Crippen LogP contribution >= 0.6 is 34.7 Å². The van der Waals surface area contributed by atoms with Crippen molar-refractivity contribution >= 4 is 40.6 Å². The molecule has 1 heterocycles. The van der Waals surface area contributed by atoms with Gasteiger partial charge in [0, 0.05) is 5.02 Å². The van der Waals surface area contributed by atoms with Crippen LogP contribution in [0.2, 0.25) is 5.02 Å². The van der Waals surface area contributed by atoms with Gasteiger partial charge in [-0.05, 0) is 18.6 Å². The third kappa shape index (κ3) is 4.19. The summed E-state index contributed by atoms with van der Waals surface area (Å²) in [6.07, 6.45) is 0. The van der Waals surface area contributed by atoms with Gasteiger partial charge in [-0.25, -0.2) is 0 Å². The van der Waals surface area contributed by atoms with Gasteiger partial charge in [-0.3, -0.25) is 4.79 Å². The van der Waals surface area contributed by atoms with Crippen molar-refractivity contribution in [2.75, 3.05) is 5.75 Å². The first kappa shape index (κ1) is 14.3. The summed E-state index contributed by atoms with van der Waals surface area (Å²) in [4.78, 5) is 11.8. The number of rotatable bonds is 5. The van der Waals surface area contributed by atoms with Crippen LogP contribution in [0.1, 0.15) is 18.5 Å². The largest absolute Gasteiger partial charge is 0.349 e. The molecule has 1 atom stereocenters. The van der Waals surface area contributed by atoms with Crippen LogP contribution < -0.4 is 5.32 Å². The van der Waals surface area contributed by atoms with Crippen molar-refractivity contribution in [3.63, 3.8) is 0 Å². The van der Waals surface area contributed by atoms with E-state index < -0.39 is 0 Å². The molecular weight excluding hydrogens is 302 g/mol. The van der Waals surface area contributed by atoms with Crippen molar-refractivity contribution in [1.29, 1.82) is 0 Å². The molecule has 100 valence electrons. The fourth-order valence-corrected chi connectivity index (χ4v) is 3.14. The first-order valence-corrected chi connectivity index (χ1v) is 7.84. The van der Waals surface area contributed by atoms with Gasteiger partial charge in [0.2, 0.25) is 5.91 Å². The molecular formula is C12H12ClN3OS2. The highest BCUT2D eigenvalue weighted by atomic mass is 35.5. The maximum absolute atomic E-state index is 11.8. The number of thioether (sulfide) groups is 1. The summed E-state index contributed by atoms with van der Waals surface area (Å²) < 4.78 is 0.792. The van der Waals surface area contributed by atoms with Gasteiger partial charge in [0.25, 0.3) is 0 Å². The molecule has 7 heteroatoms. The van der Waals surface area contributed by atoms with E-state index in [4.69, 9.17) is 11.6 Å². The number of hydrogen-bond donors (Lipinski definition) is 1. The topological polar surface area (TPSA) is 54.9 Å². The summed E-state index contributed by atoms with van der Waals surface area (Å²) in [5.74, 6) is 0.275. The number of benzene rings is 1. The molecule has 0 aliphatic rings. The molecule has 4 nitrogen and oxygen atoms in total. The molecule has 0 spiro atoms. The molecule has 19 heavy (non-hydrogen) atoms. The maximum Gasteiger partial charge on any atom is 0.230 e. The molecule has 1 N–H and O–H groups in total. The van der Waals surface area contributed by atoms with Gasteiger partial charge in [0.15, 0.2) is 4.34 Å². The number of nitrogens with one attached hydrogen (secondary N) is 1. The van der Waals surface area contributed by atoms with Gasteiger partial charge in [-0.15, -0.1) is 10.2 Å². The predicted molar refractivity (Wildman–Crippen MR) is 78.6 cm³/mol. The summed E-state index contributed by atoms with van der Waals surface area (Å²) in [7, 11) is 0. The minimum atomic E-state index is -0.115. The number of halogens is 1. The lowest BCUT2D eigenvalue weighted by atomic mass is 10.1. The normalized spacial score (nSPS) is 12.1. The number of carbonyl (C=O) groups is 1. The fourth-order valence-electron chi connectivity index (χ4n) is 1.54. The van der Waals surface area contributed by atoms with Gasteiger partial charge in [0.1, 0.15) is 5.51 Å². The number of hydrogen-bond acceptors (Lipinski definition) is 5. The first-order chi connectivity index (χ1) is 9.16. The summed E-state index contributed by atoms with van der Waals surface area (Å²) in [5, 5.41) is 11.2. The number of amides is 1. The van der Waals surface area contributed by atoms with Crippen LogP contribution in [-0.4, -0.2) is 21.9 Å². The highest BCUT2D eigenvalue weighted by Crippen LogP contribution is 2.23. The van der Waals surface area contributed by atoms with Crippen LogP contribution in [0.15, 0.2) is 34.1 Å². The molecule has 0 bridgehead atoms. The van der Waals surface area contributed by atoms with Gasteiger partial charge in [-0.1, -0.05) is 52.9 Å². The van der Waals surface area contributed by atoms with E-state index in [1.54, 1.807) is 5.51 Å². The number of carbonyl (C=O) groups excluding carboxylic acids is 1. The zero-order valence-corrected chi connectivity index (χ0v) is 12.6.